The third-order valence-electron chi connectivity index (χ3n) is 4.13. The average molecular weight is 351 g/mol. The molecule has 138 valence electrons. The molecule has 0 saturated heterocycles. The molecule has 0 aliphatic heterocycles. The van der Waals surface area contributed by atoms with Gasteiger partial charge in [-0.25, -0.2) is 0 Å². The van der Waals surface area contributed by atoms with E-state index in [2.05, 4.69) is 4.98 Å². The summed E-state index contributed by atoms with van der Waals surface area (Å²) in [6, 6.07) is 3.44. The summed E-state index contributed by atoms with van der Waals surface area (Å²) in [6.45, 7) is 4.74. The van der Waals surface area contributed by atoms with Crippen molar-refractivity contribution in [2.75, 3.05) is 20.8 Å². The molecule has 1 atom stereocenters. The van der Waals surface area contributed by atoms with Crippen molar-refractivity contribution >= 4 is 10.9 Å². The molecule has 0 radical (unpaired) electrons. The highest BCUT2D eigenvalue weighted by Crippen LogP contribution is 2.38. The maximum atomic E-state index is 12.3. The molecule has 1 aromatic carbocycles. The smallest absolute Gasteiger partial charge is 0.255 e. The molecule has 2 aromatic rings. The van der Waals surface area contributed by atoms with E-state index in [1.54, 1.807) is 12.1 Å². The number of methoxy groups -OCH3 is 2. The fraction of sp³-hybridized carbons (Fsp3) is 0.500. The van der Waals surface area contributed by atoms with E-state index in [1.165, 1.54) is 28.1 Å². The number of benzene rings is 1. The number of ether oxygens (including phenoxy) is 3. The predicted octanol–water partition coefficient (Wildman–Crippen LogP) is 1.62. The third kappa shape index (κ3) is 3.72. The van der Waals surface area contributed by atoms with Crippen LogP contribution in [0, 0.1) is 0 Å². The van der Waals surface area contributed by atoms with Gasteiger partial charge in [0.2, 0.25) is 0 Å². The summed E-state index contributed by atoms with van der Waals surface area (Å²) >= 11 is 0. The Balaban J connectivity index is 2.53. The molecule has 0 bridgehead atoms. The summed E-state index contributed by atoms with van der Waals surface area (Å²) in [7, 11) is 2.98. The Labute approximate surface area is 146 Å². The van der Waals surface area contributed by atoms with Gasteiger partial charge in [-0.2, -0.15) is 0 Å². The van der Waals surface area contributed by atoms with E-state index in [-0.39, 0.29) is 12.2 Å². The lowest BCUT2D eigenvalue weighted by Crippen LogP contribution is -2.40. The number of rotatable bonds is 7. The molecule has 0 unspecified atom stereocenters. The van der Waals surface area contributed by atoms with Crippen molar-refractivity contribution < 1.29 is 24.4 Å². The molecule has 1 aromatic heterocycles. The van der Waals surface area contributed by atoms with Crippen molar-refractivity contribution in [3.63, 3.8) is 0 Å². The Morgan fingerprint density at radius 2 is 1.84 bits per heavy atom. The van der Waals surface area contributed by atoms with E-state index in [0.29, 0.717) is 40.1 Å². The van der Waals surface area contributed by atoms with Crippen LogP contribution in [0.15, 0.2) is 16.9 Å². The van der Waals surface area contributed by atoms with E-state index in [0.717, 1.165) is 0 Å². The monoisotopic (exact) mass is 351 g/mol. The second-order valence-corrected chi connectivity index (χ2v) is 6.32. The zero-order valence-corrected chi connectivity index (χ0v) is 15.2. The highest BCUT2D eigenvalue weighted by molar-refractivity contribution is 5.92. The molecular weight excluding hydrogens is 326 g/mol. The van der Waals surface area contributed by atoms with Gasteiger partial charge in [0.15, 0.2) is 11.5 Å². The normalized spacial score (nSPS) is 12.9. The maximum absolute atomic E-state index is 12.3. The topological polar surface area (TPSA) is 101 Å². The first-order chi connectivity index (χ1) is 11.7. The summed E-state index contributed by atoms with van der Waals surface area (Å²) in [5.74, 6) is 1.18. The van der Waals surface area contributed by atoms with Gasteiger partial charge in [-0.1, -0.05) is 6.92 Å². The van der Waals surface area contributed by atoms with Crippen LogP contribution < -0.4 is 19.8 Å². The first kappa shape index (κ1) is 19.1. The molecule has 0 fully saturated rings. The lowest BCUT2D eigenvalue weighted by atomic mass is 10.0. The van der Waals surface area contributed by atoms with Gasteiger partial charge in [-0.15, -0.1) is 0 Å². The molecule has 0 aliphatic carbocycles. The highest BCUT2D eigenvalue weighted by Gasteiger charge is 2.26. The van der Waals surface area contributed by atoms with E-state index in [1.807, 2.05) is 6.92 Å². The largest absolute Gasteiger partial charge is 0.496 e. The third-order valence-corrected chi connectivity index (χ3v) is 4.13. The molecule has 3 N–H and O–H groups in total. The van der Waals surface area contributed by atoms with Gasteiger partial charge in [0.05, 0.1) is 30.9 Å². The molecule has 7 heteroatoms. The number of aliphatic hydroxyl groups excluding tert-OH is 1. The maximum Gasteiger partial charge on any atom is 0.255 e. The molecule has 0 spiro atoms. The van der Waals surface area contributed by atoms with E-state index in [9.17, 15) is 15.0 Å². The summed E-state index contributed by atoms with van der Waals surface area (Å²) < 4.78 is 16.4. The molecule has 0 amide bonds. The lowest BCUT2D eigenvalue weighted by molar-refractivity contribution is -0.0663. The summed E-state index contributed by atoms with van der Waals surface area (Å²) in [6.07, 6.45) is -0.545. The quantitative estimate of drug-likeness (QED) is 0.701. The van der Waals surface area contributed by atoms with Gasteiger partial charge in [-0.3, -0.25) is 4.79 Å². The number of fused-ring (bicyclic) bond motifs is 1. The molecule has 2 rings (SSSR count). The fourth-order valence-corrected chi connectivity index (χ4v) is 2.57. The van der Waals surface area contributed by atoms with Crippen LogP contribution in [-0.4, -0.2) is 47.7 Å². The van der Waals surface area contributed by atoms with E-state index >= 15 is 0 Å². The van der Waals surface area contributed by atoms with Gasteiger partial charge in [0.1, 0.15) is 18.5 Å². The molecule has 25 heavy (non-hydrogen) atoms. The Hall–Kier alpha value is -2.25. The Kier molecular flexibility index (Phi) is 5.59. The van der Waals surface area contributed by atoms with Crippen LogP contribution in [0.3, 0.4) is 0 Å². The number of H-pyrrole nitrogens is 1. The SMILES string of the molecule is CCc1c(OC)c2ccc(OC[C@@H](O)C(C)(C)O)c(OC)c2[nH]c1=O. The Morgan fingerprint density at radius 3 is 2.36 bits per heavy atom. The van der Waals surface area contributed by atoms with Crippen molar-refractivity contribution in [1.82, 2.24) is 4.98 Å². The summed E-state index contributed by atoms with van der Waals surface area (Å²) in [5.41, 5.74) is -0.531. The lowest BCUT2D eigenvalue weighted by Gasteiger charge is -2.25. The van der Waals surface area contributed by atoms with Gasteiger partial charge in [0.25, 0.3) is 5.56 Å². The Bertz CT molecular complexity index is 806. The van der Waals surface area contributed by atoms with Gasteiger partial charge in [-0.05, 0) is 32.4 Å². The highest BCUT2D eigenvalue weighted by atomic mass is 16.5. The predicted molar refractivity (Wildman–Crippen MR) is 94.9 cm³/mol. The number of aromatic amines is 1. The standard InChI is InChI=1S/C18H25NO6/c1-6-10-15(23-4)11-7-8-12(25-9-13(20)18(2,3)22)16(24-5)14(11)19-17(10)21/h7-8,13,20,22H,6,9H2,1-5H3,(H,19,21)/t13-/m1/s1. The second-order valence-electron chi connectivity index (χ2n) is 6.32. The van der Waals surface area contributed by atoms with Gasteiger partial charge in [0, 0.05) is 5.39 Å². The minimum atomic E-state index is -1.29. The number of hydrogen-bond acceptors (Lipinski definition) is 6. The number of aliphatic hydroxyl groups is 2. The fourth-order valence-electron chi connectivity index (χ4n) is 2.57. The van der Waals surface area contributed by atoms with Crippen molar-refractivity contribution in [2.24, 2.45) is 0 Å². The van der Waals surface area contributed by atoms with E-state index < -0.39 is 11.7 Å². The number of pyridine rings is 1. The zero-order valence-electron chi connectivity index (χ0n) is 15.2. The average Bonchev–Trinajstić information content (AvgIpc) is 2.56. The van der Waals surface area contributed by atoms with Crippen LogP contribution in [0.4, 0.5) is 0 Å². The first-order valence-electron chi connectivity index (χ1n) is 8.07. The summed E-state index contributed by atoms with van der Waals surface area (Å²) in [5, 5.41) is 20.4. The Morgan fingerprint density at radius 1 is 1.20 bits per heavy atom. The van der Waals surface area contributed by atoms with Gasteiger partial charge < -0.3 is 29.4 Å². The second kappa shape index (κ2) is 7.33. The number of nitrogens with one attached hydrogen (secondary N) is 1. The number of hydrogen-bond donors (Lipinski definition) is 3. The van der Waals surface area contributed by atoms with Crippen molar-refractivity contribution in [3.05, 3.63) is 28.0 Å². The van der Waals surface area contributed by atoms with Crippen LogP contribution >= 0.6 is 0 Å². The first-order valence-corrected chi connectivity index (χ1v) is 8.07. The van der Waals surface area contributed by atoms with Crippen LogP contribution in [0.1, 0.15) is 26.3 Å². The minimum absolute atomic E-state index is 0.125. The van der Waals surface area contributed by atoms with Gasteiger partial charge >= 0.3 is 0 Å². The molecule has 0 aliphatic rings. The van der Waals surface area contributed by atoms with Crippen molar-refractivity contribution in [1.29, 1.82) is 0 Å². The summed E-state index contributed by atoms with van der Waals surface area (Å²) in [4.78, 5) is 15.1. The van der Waals surface area contributed by atoms with Crippen molar-refractivity contribution in [3.8, 4) is 17.2 Å². The van der Waals surface area contributed by atoms with Crippen LogP contribution in [0.2, 0.25) is 0 Å². The van der Waals surface area contributed by atoms with Crippen LogP contribution in [-0.2, 0) is 6.42 Å². The zero-order chi connectivity index (χ0) is 18.8. The number of aromatic nitrogens is 1. The van der Waals surface area contributed by atoms with Crippen molar-refractivity contribution in [2.45, 2.75) is 38.9 Å². The van der Waals surface area contributed by atoms with E-state index in [4.69, 9.17) is 14.2 Å². The molecular formula is C18H25NO6. The molecule has 0 saturated carbocycles. The minimum Gasteiger partial charge on any atom is -0.496 e. The van der Waals surface area contributed by atoms with Crippen LogP contribution in [0.25, 0.3) is 10.9 Å². The van der Waals surface area contributed by atoms with Crippen LogP contribution in [0.5, 0.6) is 17.2 Å². The molecule has 1 heterocycles. The molecule has 7 nitrogen and oxygen atoms in total.